The first-order valence-electron chi connectivity index (χ1n) is 22.4. The highest BCUT2D eigenvalue weighted by atomic mass is 17.2. The second-order valence-corrected chi connectivity index (χ2v) is 21.2. The summed E-state index contributed by atoms with van der Waals surface area (Å²) in [6, 6.07) is 29.8. The lowest BCUT2D eigenvalue weighted by Crippen LogP contribution is -2.37. The fraction of sp³-hybridized carbons (Fsp3) is 0.462. The summed E-state index contributed by atoms with van der Waals surface area (Å²) in [5.41, 5.74) is 0.155. The van der Waals surface area contributed by atoms with Gasteiger partial charge in [0.15, 0.2) is 0 Å². The fourth-order valence-corrected chi connectivity index (χ4v) is 6.65. The van der Waals surface area contributed by atoms with E-state index in [0.717, 1.165) is 45.0 Å². The lowest BCUT2D eigenvalue weighted by Gasteiger charge is -2.26. The Bertz CT molecular complexity index is 2140. The van der Waals surface area contributed by atoms with Gasteiger partial charge in [0, 0.05) is 45.0 Å². The van der Waals surface area contributed by atoms with Crippen molar-refractivity contribution in [3.8, 4) is 0 Å². The Morgan fingerprint density at radius 1 is 0.309 bits per heavy atom. The normalized spacial score (nSPS) is 23.4. The van der Waals surface area contributed by atoms with Crippen LogP contribution >= 0.6 is 0 Å². The van der Waals surface area contributed by atoms with Gasteiger partial charge in [0.05, 0.1) is 22.4 Å². The number of rotatable bonds is 8. The highest BCUT2D eigenvalue weighted by Crippen LogP contribution is 2.42. The number of para-hydroxylation sites is 4. The van der Waals surface area contributed by atoms with E-state index in [9.17, 15) is 19.2 Å². The second-order valence-electron chi connectivity index (χ2n) is 21.2. The number of amides is 4. The first-order valence-corrected chi connectivity index (χ1v) is 22.4. The van der Waals surface area contributed by atoms with E-state index < -0.39 is 44.8 Å². The Kier molecular flexibility index (Phi) is 15.6. The molecule has 4 aliphatic rings. The van der Waals surface area contributed by atoms with Crippen molar-refractivity contribution in [1.82, 2.24) is 0 Å². The van der Waals surface area contributed by atoms with E-state index in [-0.39, 0.29) is 23.6 Å². The van der Waals surface area contributed by atoms with Crippen molar-refractivity contribution in [1.29, 1.82) is 0 Å². The second kappa shape index (κ2) is 19.8. The van der Waals surface area contributed by atoms with E-state index in [1.54, 1.807) is 27.7 Å². The summed E-state index contributed by atoms with van der Waals surface area (Å²) in [5.74, 6) is -0.822. The molecular weight excluding hydrogens is 873 g/mol. The molecule has 0 aliphatic carbocycles. The zero-order valence-electron chi connectivity index (χ0n) is 42.1. The summed E-state index contributed by atoms with van der Waals surface area (Å²) in [5, 5.41) is 11.1. The van der Waals surface area contributed by atoms with Gasteiger partial charge in [-0.25, -0.2) is 39.1 Å². The van der Waals surface area contributed by atoms with Crippen LogP contribution in [0.1, 0.15) is 133 Å². The number of benzene rings is 4. The van der Waals surface area contributed by atoms with E-state index in [1.165, 1.54) is 0 Å². The van der Waals surface area contributed by atoms with Crippen LogP contribution in [0.4, 0.5) is 22.7 Å². The SMILES string of the molecule is CC(C)(C)OO[C@@]1(C)C(=O)Nc2ccccc21.CC(C)(C)OO[C@@]1(C)C(=O)Nc2ccccc21.CC(C)(C)OO[C@]1(C)C(=O)Nc2ccccc21.CC(C)(C)OO[C@]1(C)C(=O)Nc2ccccc21. The number of carbonyl (C=O) groups is 4. The topological polar surface area (TPSA) is 190 Å². The van der Waals surface area contributed by atoms with E-state index in [0.29, 0.717) is 0 Å². The first-order chi connectivity index (χ1) is 31.3. The van der Waals surface area contributed by atoms with Crippen LogP contribution in [-0.4, -0.2) is 46.0 Å². The average Bonchev–Trinajstić information content (AvgIpc) is 3.87. The molecule has 8 rings (SSSR count). The van der Waals surface area contributed by atoms with Crippen molar-refractivity contribution < 1.29 is 58.3 Å². The summed E-state index contributed by atoms with van der Waals surface area (Å²) in [4.78, 5) is 90.5. The maximum atomic E-state index is 12.0. The number of carbonyl (C=O) groups excluding carboxylic acids is 4. The highest BCUT2D eigenvalue weighted by molar-refractivity contribution is 6.06. The molecule has 0 fully saturated rings. The third-order valence-electron chi connectivity index (χ3n) is 10.3. The minimum atomic E-state index is -1.08. The molecule has 4 heterocycles. The number of hydrogen-bond acceptors (Lipinski definition) is 12. The van der Waals surface area contributed by atoms with Crippen LogP contribution in [0, 0.1) is 0 Å². The number of nitrogens with one attached hydrogen (secondary N) is 4. The summed E-state index contributed by atoms with van der Waals surface area (Å²) < 4.78 is 0. The molecule has 4 atom stereocenters. The molecule has 4 amide bonds. The standard InChI is InChI=1S/4C13H17NO3/c4*1-12(2,3)16-17-13(4)9-7-5-6-8-10(9)14-11(13)15/h4*5-8H,1-4H3,(H,14,15)/t4*13-/m1100/s1. The lowest BCUT2D eigenvalue weighted by atomic mass is 9.98. The van der Waals surface area contributed by atoms with Crippen LogP contribution in [0.25, 0.3) is 0 Å². The third-order valence-corrected chi connectivity index (χ3v) is 10.3. The van der Waals surface area contributed by atoms with E-state index in [2.05, 4.69) is 21.3 Å². The van der Waals surface area contributed by atoms with Gasteiger partial charge in [-0.1, -0.05) is 72.8 Å². The molecule has 0 saturated heterocycles. The predicted molar refractivity (Wildman–Crippen MR) is 257 cm³/mol. The van der Waals surface area contributed by atoms with Crippen molar-refractivity contribution in [2.75, 3.05) is 21.3 Å². The van der Waals surface area contributed by atoms with Gasteiger partial charge >= 0.3 is 0 Å². The Labute approximate surface area is 399 Å². The van der Waals surface area contributed by atoms with Gasteiger partial charge in [-0.15, -0.1) is 0 Å². The molecule has 368 valence electrons. The van der Waals surface area contributed by atoms with Crippen molar-refractivity contribution in [3.63, 3.8) is 0 Å². The number of anilines is 4. The molecule has 4 aliphatic heterocycles. The smallest absolute Gasteiger partial charge is 0.264 e. The van der Waals surface area contributed by atoms with Gasteiger partial charge in [0.2, 0.25) is 22.4 Å². The first kappa shape index (κ1) is 53.4. The molecule has 0 aromatic heterocycles. The fourth-order valence-electron chi connectivity index (χ4n) is 6.65. The van der Waals surface area contributed by atoms with E-state index in [4.69, 9.17) is 39.1 Å². The average molecular weight is 941 g/mol. The number of hydrogen-bond donors (Lipinski definition) is 4. The van der Waals surface area contributed by atoms with Gasteiger partial charge in [-0.3, -0.25) is 19.2 Å². The summed E-state index contributed by atoms with van der Waals surface area (Å²) in [6.07, 6.45) is 0. The van der Waals surface area contributed by atoms with E-state index >= 15 is 0 Å². The van der Waals surface area contributed by atoms with Crippen LogP contribution in [0.5, 0.6) is 0 Å². The third kappa shape index (κ3) is 12.6. The highest BCUT2D eigenvalue weighted by Gasteiger charge is 2.49. The minimum Gasteiger partial charge on any atom is -0.323 e. The Morgan fingerprint density at radius 2 is 0.471 bits per heavy atom. The van der Waals surface area contributed by atoms with Crippen molar-refractivity contribution in [2.24, 2.45) is 0 Å². The Hall–Kier alpha value is -5.56. The van der Waals surface area contributed by atoms with Crippen LogP contribution in [-0.2, 0) is 80.7 Å². The van der Waals surface area contributed by atoms with Crippen molar-refractivity contribution >= 4 is 46.4 Å². The maximum absolute atomic E-state index is 12.0. The Morgan fingerprint density at radius 3 is 0.632 bits per heavy atom. The van der Waals surface area contributed by atoms with Gasteiger partial charge in [0.25, 0.3) is 23.6 Å². The molecule has 4 N–H and O–H groups in total. The van der Waals surface area contributed by atoms with Gasteiger partial charge < -0.3 is 21.3 Å². The molecular formula is C52H68N4O12. The molecule has 68 heavy (non-hydrogen) atoms. The summed E-state index contributed by atoms with van der Waals surface area (Å²) >= 11 is 0. The summed E-state index contributed by atoms with van der Waals surface area (Å²) in [6.45, 7) is 29.3. The molecule has 16 heteroatoms. The quantitative estimate of drug-likeness (QED) is 0.0968. The van der Waals surface area contributed by atoms with Crippen LogP contribution in [0.2, 0.25) is 0 Å². The molecule has 0 radical (unpaired) electrons. The summed E-state index contributed by atoms with van der Waals surface area (Å²) in [7, 11) is 0. The number of fused-ring (bicyclic) bond motifs is 4. The Balaban J connectivity index is 0.000000169. The molecule has 0 saturated carbocycles. The molecule has 0 unspecified atom stereocenters. The van der Waals surface area contributed by atoms with Gasteiger partial charge in [-0.2, -0.15) is 0 Å². The minimum absolute atomic E-state index is 0.206. The zero-order valence-corrected chi connectivity index (χ0v) is 42.1. The molecule has 0 spiro atoms. The predicted octanol–water partition coefficient (Wildman–Crippen LogP) is 10.4. The van der Waals surface area contributed by atoms with Crippen LogP contribution < -0.4 is 21.3 Å². The largest absolute Gasteiger partial charge is 0.323 e. The van der Waals surface area contributed by atoms with Crippen LogP contribution in [0.3, 0.4) is 0 Å². The molecule has 0 bridgehead atoms. The van der Waals surface area contributed by atoms with Gasteiger partial charge in [-0.05, 0) is 135 Å². The lowest BCUT2D eigenvalue weighted by molar-refractivity contribution is -0.393. The molecule has 16 nitrogen and oxygen atoms in total. The van der Waals surface area contributed by atoms with Gasteiger partial charge in [0.1, 0.15) is 0 Å². The maximum Gasteiger partial charge on any atom is 0.264 e. The van der Waals surface area contributed by atoms with Crippen LogP contribution in [0.15, 0.2) is 97.1 Å². The zero-order chi connectivity index (χ0) is 50.7. The van der Waals surface area contributed by atoms with Crippen molar-refractivity contribution in [3.05, 3.63) is 119 Å². The molecule has 4 aromatic rings. The van der Waals surface area contributed by atoms with E-state index in [1.807, 2.05) is 180 Å². The molecule has 4 aromatic carbocycles. The monoisotopic (exact) mass is 940 g/mol. The van der Waals surface area contributed by atoms with Crippen molar-refractivity contribution in [2.45, 2.75) is 156 Å².